The van der Waals surface area contributed by atoms with E-state index in [1.165, 1.54) is 0 Å². The number of phenolic OH excluding ortho intramolecular Hbond substituents is 1. The molecule has 276 valence electrons. The molecule has 6 aromatic rings. The predicted octanol–water partition coefficient (Wildman–Crippen LogP) is 5.17. The minimum Gasteiger partial charge on any atom is -0.508 e. The summed E-state index contributed by atoms with van der Waals surface area (Å²) in [6.45, 7) is 2.47. The van der Waals surface area contributed by atoms with E-state index < -0.39 is 24.3 Å². The van der Waals surface area contributed by atoms with Gasteiger partial charge >= 0.3 is 6.03 Å². The lowest BCUT2D eigenvalue weighted by atomic mass is 9.94. The van der Waals surface area contributed by atoms with Crippen molar-refractivity contribution in [1.29, 1.82) is 0 Å². The molecule has 4 heterocycles. The van der Waals surface area contributed by atoms with Crippen LogP contribution in [0.15, 0.2) is 121 Å². The lowest BCUT2D eigenvalue weighted by Gasteiger charge is -2.58. The van der Waals surface area contributed by atoms with Gasteiger partial charge in [0.1, 0.15) is 23.7 Å². The second kappa shape index (κ2) is 14.0. The Kier molecular flexibility index (Phi) is 8.74. The van der Waals surface area contributed by atoms with Crippen LogP contribution in [0.25, 0.3) is 16.5 Å². The first-order valence-corrected chi connectivity index (χ1v) is 18.6. The van der Waals surface area contributed by atoms with Crippen LogP contribution in [0.2, 0.25) is 0 Å². The van der Waals surface area contributed by atoms with Gasteiger partial charge in [-0.25, -0.2) is 14.5 Å². The first kappa shape index (κ1) is 34.3. The van der Waals surface area contributed by atoms with Crippen LogP contribution in [0.5, 0.6) is 5.75 Å². The van der Waals surface area contributed by atoms with E-state index in [1.807, 2.05) is 101 Å². The van der Waals surface area contributed by atoms with Crippen molar-refractivity contribution in [2.75, 3.05) is 6.54 Å². The average molecular weight is 733 g/mol. The lowest BCUT2D eigenvalue weighted by Crippen LogP contribution is -2.78. The Bertz CT molecular complexity index is 2410. The third-order valence-electron chi connectivity index (χ3n) is 11.1. The van der Waals surface area contributed by atoms with Crippen LogP contribution in [-0.2, 0) is 42.1 Å². The van der Waals surface area contributed by atoms with Crippen LogP contribution >= 0.6 is 0 Å². The lowest BCUT2D eigenvalue weighted by molar-refractivity contribution is -0.201. The molecule has 0 spiro atoms. The van der Waals surface area contributed by atoms with E-state index in [-0.39, 0.29) is 50.2 Å². The fraction of sp³-hybridized carbons (Fsp3) is 0.233. The molecule has 0 radical (unpaired) electrons. The number of rotatable bonds is 8. The Hall–Kier alpha value is -6.53. The molecule has 1 unspecified atom stereocenters. The number of carbonyl (C=O) groups excluding carboxylic acids is 3. The fourth-order valence-corrected chi connectivity index (χ4v) is 8.37. The van der Waals surface area contributed by atoms with E-state index in [0.29, 0.717) is 12.1 Å². The molecule has 1 aromatic heterocycles. The summed E-state index contributed by atoms with van der Waals surface area (Å²) in [5.74, 6) is -0.361. The minimum atomic E-state index is -0.909. The predicted molar refractivity (Wildman–Crippen MR) is 205 cm³/mol. The van der Waals surface area contributed by atoms with Crippen LogP contribution in [-0.4, -0.2) is 82.6 Å². The number of urea groups is 1. The van der Waals surface area contributed by atoms with E-state index in [0.717, 1.165) is 44.4 Å². The standard InChI is InChI=1S/C43H40N8O4/c1-28-41-49(39(22-29-18-20-34(52)21-19-29)42(54)48(28)25-33-15-9-14-31-12-5-7-16-35(31)33)40(53)27-47(51(41)43(55)44-24-30-10-3-2-4-11-30)26-36-38-23-32-13-6-8-17-37(32)50(38)46-45-36/h2-21,28,39,41,52H,22-27H2,1H3,(H,44,55)/t28-,39?,41-/m0/s1. The van der Waals surface area contributed by atoms with Gasteiger partial charge in [-0.3, -0.25) is 9.59 Å². The average Bonchev–Trinajstić information content (AvgIpc) is 3.78. The van der Waals surface area contributed by atoms with Gasteiger partial charge in [-0.05, 0) is 58.1 Å². The number of carbonyl (C=O) groups is 3. The maximum absolute atomic E-state index is 14.8. The van der Waals surface area contributed by atoms with Crippen LogP contribution in [0.1, 0.15) is 40.6 Å². The van der Waals surface area contributed by atoms with Gasteiger partial charge in [-0.15, -0.1) is 5.10 Å². The van der Waals surface area contributed by atoms with Gasteiger partial charge < -0.3 is 20.2 Å². The van der Waals surface area contributed by atoms with Crippen molar-refractivity contribution in [2.45, 2.75) is 57.6 Å². The summed E-state index contributed by atoms with van der Waals surface area (Å²) in [7, 11) is 0. The van der Waals surface area contributed by atoms with Gasteiger partial charge in [0.25, 0.3) is 0 Å². The molecule has 0 bridgehead atoms. The molecular formula is C43H40N8O4. The number of nitrogens with zero attached hydrogens (tertiary/aromatic N) is 7. The summed E-state index contributed by atoms with van der Waals surface area (Å²) in [6, 6.07) is 36.6. The molecule has 3 aliphatic heterocycles. The summed E-state index contributed by atoms with van der Waals surface area (Å²) in [6.07, 6.45) is -0.0160. The van der Waals surface area contributed by atoms with Crippen LogP contribution in [0, 0.1) is 0 Å². The van der Waals surface area contributed by atoms with Gasteiger partial charge in [-0.2, -0.15) is 5.01 Å². The number of hydrogen-bond donors (Lipinski definition) is 2. The minimum absolute atomic E-state index is 0.108. The molecule has 2 N–H and O–H groups in total. The third-order valence-corrected chi connectivity index (χ3v) is 11.1. The number of amides is 4. The highest BCUT2D eigenvalue weighted by Gasteiger charge is 2.55. The van der Waals surface area contributed by atoms with Crippen molar-refractivity contribution in [2.24, 2.45) is 0 Å². The monoisotopic (exact) mass is 732 g/mol. The summed E-state index contributed by atoms with van der Waals surface area (Å²) < 4.78 is 1.84. The van der Waals surface area contributed by atoms with Crippen molar-refractivity contribution in [3.63, 3.8) is 0 Å². The summed E-state index contributed by atoms with van der Waals surface area (Å²) in [5.41, 5.74) is 6.36. The Labute approximate surface area is 318 Å². The van der Waals surface area contributed by atoms with Gasteiger partial charge in [0.05, 0.1) is 30.5 Å². The molecule has 2 fully saturated rings. The second-order valence-corrected chi connectivity index (χ2v) is 14.5. The molecule has 3 aliphatic rings. The number of piperazine rings is 1. The first-order valence-electron chi connectivity index (χ1n) is 18.6. The molecule has 9 rings (SSSR count). The van der Waals surface area contributed by atoms with E-state index in [9.17, 15) is 19.5 Å². The van der Waals surface area contributed by atoms with Crippen molar-refractivity contribution in [3.05, 3.63) is 155 Å². The van der Waals surface area contributed by atoms with E-state index in [4.69, 9.17) is 0 Å². The highest BCUT2D eigenvalue weighted by Crippen LogP contribution is 2.36. The number of nitrogens with one attached hydrogen (secondary N) is 1. The molecule has 3 atom stereocenters. The summed E-state index contributed by atoms with van der Waals surface area (Å²) in [4.78, 5) is 47.6. The largest absolute Gasteiger partial charge is 0.508 e. The maximum atomic E-state index is 14.8. The van der Waals surface area contributed by atoms with Gasteiger partial charge in [0, 0.05) is 25.9 Å². The number of phenols is 1. The number of hydrazine groups is 1. The smallest absolute Gasteiger partial charge is 0.334 e. The molecule has 55 heavy (non-hydrogen) atoms. The zero-order chi connectivity index (χ0) is 37.6. The second-order valence-electron chi connectivity index (χ2n) is 14.5. The van der Waals surface area contributed by atoms with Gasteiger partial charge in [0.15, 0.2) is 0 Å². The molecule has 0 saturated carbocycles. The number of aromatic nitrogens is 3. The number of fused-ring (bicyclic) bond motifs is 5. The molecule has 12 nitrogen and oxygen atoms in total. The first-order chi connectivity index (χ1) is 26.8. The Morgan fingerprint density at radius 3 is 2.42 bits per heavy atom. The normalized spacial score (nSPS) is 19.4. The van der Waals surface area contributed by atoms with Crippen molar-refractivity contribution in [1.82, 2.24) is 40.1 Å². The molecular weight excluding hydrogens is 693 g/mol. The van der Waals surface area contributed by atoms with E-state index >= 15 is 0 Å². The highest BCUT2D eigenvalue weighted by molar-refractivity contribution is 5.93. The van der Waals surface area contributed by atoms with Crippen molar-refractivity contribution < 1.29 is 19.5 Å². The highest BCUT2D eigenvalue weighted by atomic mass is 16.3. The van der Waals surface area contributed by atoms with Crippen molar-refractivity contribution >= 4 is 28.6 Å². The quantitative estimate of drug-likeness (QED) is 0.221. The summed E-state index contributed by atoms with van der Waals surface area (Å²) >= 11 is 0. The number of hydrogen-bond acceptors (Lipinski definition) is 7. The van der Waals surface area contributed by atoms with E-state index in [2.05, 4.69) is 27.8 Å². The van der Waals surface area contributed by atoms with Crippen LogP contribution in [0.4, 0.5) is 4.79 Å². The third kappa shape index (κ3) is 6.23. The fourth-order valence-electron chi connectivity index (χ4n) is 8.37. The maximum Gasteiger partial charge on any atom is 0.334 e. The summed E-state index contributed by atoms with van der Waals surface area (Å²) in [5, 5.41) is 27.7. The molecule has 2 saturated heterocycles. The molecule has 4 amide bonds. The van der Waals surface area contributed by atoms with E-state index in [1.54, 1.807) is 39.2 Å². The zero-order valence-electron chi connectivity index (χ0n) is 30.3. The topological polar surface area (TPSA) is 127 Å². The number of aromatic hydroxyl groups is 1. The zero-order valence-corrected chi connectivity index (χ0v) is 30.3. The van der Waals surface area contributed by atoms with Crippen molar-refractivity contribution in [3.8, 4) is 11.4 Å². The Morgan fingerprint density at radius 2 is 1.58 bits per heavy atom. The van der Waals surface area contributed by atoms with Crippen LogP contribution in [0.3, 0.4) is 0 Å². The molecule has 0 aliphatic carbocycles. The molecule has 12 heteroatoms. The Morgan fingerprint density at radius 1 is 0.836 bits per heavy atom. The van der Waals surface area contributed by atoms with Crippen LogP contribution < -0.4 is 5.32 Å². The van der Waals surface area contributed by atoms with Gasteiger partial charge in [0.2, 0.25) is 11.8 Å². The SMILES string of the molecule is C[C@H]1[C@H]2N(C(=O)CN(Cc3nnn4c3Cc3ccccc3-4)N2C(=O)NCc2ccccc2)C(Cc2ccc(O)cc2)C(=O)N1Cc1cccc2ccccc12. The number of benzene rings is 5. The molecule has 5 aromatic carbocycles. The number of para-hydroxylation sites is 1. The van der Waals surface area contributed by atoms with Gasteiger partial charge in [-0.1, -0.05) is 108 Å². The Balaban J connectivity index is 1.12.